The Bertz CT molecular complexity index is 89.7. The van der Waals surface area contributed by atoms with Crippen molar-refractivity contribution in [3.8, 4) is 0 Å². The van der Waals surface area contributed by atoms with Crippen LogP contribution in [0.25, 0.3) is 0 Å². The monoisotopic (exact) mass is 162 g/mol. The molecule has 1 amide bonds. The van der Waals surface area contributed by atoms with E-state index in [9.17, 15) is 4.79 Å². The van der Waals surface area contributed by atoms with Crippen LogP contribution < -0.4 is 5.73 Å². The van der Waals surface area contributed by atoms with Gasteiger partial charge in [0.1, 0.15) is 0 Å². The molecule has 0 aliphatic rings. The lowest BCUT2D eigenvalue weighted by atomic mass is 10.5. The van der Waals surface area contributed by atoms with Gasteiger partial charge in [0, 0.05) is 11.4 Å². The van der Waals surface area contributed by atoms with Gasteiger partial charge in [-0.25, -0.2) is 0 Å². The van der Waals surface area contributed by atoms with Gasteiger partial charge >= 0.3 is 0 Å². The van der Waals surface area contributed by atoms with Crippen LogP contribution in [0.15, 0.2) is 12.2 Å². The number of carbonyl (C=O) groups excluding carboxylic acids is 1. The van der Waals surface area contributed by atoms with E-state index < -0.39 is 5.91 Å². The zero-order chi connectivity index (χ0) is 5.70. The first-order valence-electron chi connectivity index (χ1n) is 1.75. The molecule has 0 aliphatic heterocycles. The Hall–Kier alpha value is -0.310. The molecule has 0 atom stereocenters. The minimum atomic E-state index is -0.653. The fourth-order valence-corrected chi connectivity index (χ4v) is 0.338. The average molecular weight is 163 g/mol. The van der Waals surface area contributed by atoms with E-state index in [1.165, 1.54) is 6.08 Å². The minimum Gasteiger partial charge on any atom is -0.268 e. The molecule has 0 spiro atoms. The van der Waals surface area contributed by atoms with Gasteiger partial charge in [0.25, 0.3) is 5.91 Å². The molecule has 0 aromatic rings. The van der Waals surface area contributed by atoms with Gasteiger partial charge in [0.05, 0.1) is 0 Å². The molecular weight excluding hydrogens is 158 g/mol. The van der Waals surface area contributed by atoms with Crippen molar-refractivity contribution in [1.29, 1.82) is 0 Å². The van der Waals surface area contributed by atoms with Gasteiger partial charge < -0.3 is 0 Å². The maximum absolute atomic E-state index is 9.76. The summed E-state index contributed by atoms with van der Waals surface area (Å²) in [7, 11) is 0. The van der Waals surface area contributed by atoms with Gasteiger partial charge in [-0.3, -0.25) is 10.5 Å². The molecule has 0 unspecified atom stereocenters. The number of hydrogen-bond acceptors (Lipinski definition) is 1. The highest BCUT2D eigenvalue weighted by molar-refractivity contribution is 9.09. The molecule has 1 radical (unpaired) electrons. The van der Waals surface area contributed by atoms with Crippen LogP contribution in [0.5, 0.6) is 0 Å². The van der Waals surface area contributed by atoms with Gasteiger partial charge in [0.2, 0.25) is 0 Å². The van der Waals surface area contributed by atoms with E-state index in [1.807, 2.05) is 0 Å². The van der Waals surface area contributed by atoms with Crippen molar-refractivity contribution in [3.63, 3.8) is 0 Å². The van der Waals surface area contributed by atoms with Crippen LogP contribution in [-0.4, -0.2) is 11.2 Å². The molecule has 0 rings (SSSR count). The summed E-state index contributed by atoms with van der Waals surface area (Å²) in [4.78, 5) is 9.76. The number of alkyl halides is 1. The van der Waals surface area contributed by atoms with Crippen LogP contribution in [-0.2, 0) is 4.79 Å². The van der Waals surface area contributed by atoms with E-state index in [0.717, 1.165) is 0 Å². The van der Waals surface area contributed by atoms with Crippen molar-refractivity contribution in [2.75, 3.05) is 5.33 Å². The largest absolute Gasteiger partial charge is 0.268 e. The highest BCUT2D eigenvalue weighted by Crippen LogP contribution is 1.79. The molecule has 1 N–H and O–H groups in total. The minimum absolute atomic E-state index is 0.637. The summed E-state index contributed by atoms with van der Waals surface area (Å²) in [5.74, 6) is -0.653. The first-order chi connectivity index (χ1) is 3.27. The number of allylic oxidation sites excluding steroid dienone is 1. The molecule has 0 aromatic heterocycles. The molecule has 0 heterocycles. The summed E-state index contributed by atoms with van der Waals surface area (Å²) in [5.41, 5.74) is 6.33. The summed E-state index contributed by atoms with van der Waals surface area (Å²) in [6, 6.07) is 0. The van der Waals surface area contributed by atoms with Crippen LogP contribution in [0, 0.1) is 0 Å². The number of halogens is 1. The Kier molecular flexibility index (Phi) is 3.69. The lowest BCUT2D eigenvalue weighted by molar-refractivity contribution is -0.114. The summed E-state index contributed by atoms with van der Waals surface area (Å²) >= 11 is 3.06. The van der Waals surface area contributed by atoms with E-state index in [-0.39, 0.29) is 0 Å². The lowest BCUT2D eigenvalue weighted by Gasteiger charge is -1.72. The number of carbonyl (C=O) groups is 1. The van der Waals surface area contributed by atoms with Gasteiger partial charge in [-0.1, -0.05) is 22.0 Å². The van der Waals surface area contributed by atoms with E-state index in [1.54, 1.807) is 6.08 Å². The molecule has 3 heteroatoms. The van der Waals surface area contributed by atoms with E-state index >= 15 is 0 Å². The highest BCUT2D eigenvalue weighted by atomic mass is 79.9. The molecular formula is C4H5BrNO. The third-order valence-electron chi connectivity index (χ3n) is 0.358. The van der Waals surface area contributed by atoms with Crippen LogP contribution in [0.3, 0.4) is 0 Å². The normalized spacial score (nSPS) is 9.86. The van der Waals surface area contributed by atoms with Crippen molar-refractivity contribution in [3.05, 3.63) is 12.2 Å². The van der Waals surface area contributed by atoms with Gasteiger partial charge in [-0.2, -0.15) is 0 Å². The van der Waals surface area contributed by atoms with Gasteiger partial charge in [-0.15, -0.1) is 0 Å². The second-order valence-corrected chi connectivity index (χ2v) is 1.57. The molecule has 0 fully saturated rings. The first kappa shape index (κ1) is 6.69. The standard InChI is InChI=1S/C4H5BrNO/c5-3-1-2-4(6)7/h1-2,6H,3H2/b2-1+. The fourth-order valence-electron chi connectivity index (χ4n) is 0.152. The van der Waals surface area contributed by atoms with Crippen LogP contribution in [0.4, 0.5) is 0 Å². The molecule has 0 aromatic carbocycles. The predicted octanol–water partition coefficient (Wildman–Crippen LogP) is 0.747. The topological polar surface area (TPSA) is 40.9 Å². The Morgan fingerprint density at radius 3 is 2.57 bits per heavy atom. The smallest absolute Gasteiger partial charge is 0.262 e. The Balaban J connectivity index is 3.26. The molecule has 0 saturated heterocycles. The first-order valence-corrected chi connectivity index (χ1v) is 2.87. The molecule has 0 bridgehead atoms. The van der Waals surface area contributed by atoms with Gasteiger partial charge in [0.15, 0.2) is 0 Å². The quantitative estimate of drug-likeness (QED) is 0.437. The van der Waals surface area contributed by atoms with Gasteiger partial charge in [-0.05, 0) is 0 Å². The second-order valence-electron chi connectivity index (χ2n) is 0.921. The van der Waals surface area contributed by atoms with E-state index in [0.29, 0.717) is 5.33 Å². The van der Waals surface area contributed by atoms with Crippen LogP contribution in [0.1, 0.15) is 0 Å². The molecule has 2 nitrogen and oxygen atoms in total. The fraction of sp³-hybridized carbons (Fsp3) is 0.250. The number of amides is 1. The Morgan fingerprint density at radius 2 is 2.43 bits per heavy atom. The zero-order valence-electron chi connectivity index (χ0n) is 3.65. The Labute approximate surface area is 50.5 Å². The van der Waals surface area contributed by atoms with Crippen molar-refractivity contribution in [2.24, 2.45) is 0 Å². The highest BCUT2D eigenvalue weighted by Gasteiger charge is 1.78. The summed E-state index contributed by atoms with van der Waals surface area (Å²) in [5, 5.41) is 0.637. The van der Waals surface area contributed by atoms with Crippen molar-refractivity contribution in [2.45, 2.75) is 0 Å². The zero-order valence-corrected chi connectivity index (χ0v) is 5.23. The molecule has 39 valence electrons. The molecule has 0 aliphatic carbocycles. The maximum Gasteiger partial charge on any atom is 0.262 e. The number of hydrogen-bond donors (Lipinski definition) is 0. The maximum atomic E-state index is 9.76. The van der Waals surface area contributed by atoms with Crippen molar-refractivity contribution < 1.29 is 4.79 Å². The summed E-state index contributed by atoms with van der Waals surface area (Å²) in [6.07, 6.45) is 2.78. The summed E-state index contributed by atoms with van der Waals surface area (Å²) in [6.45, 7) is 0. The lowest BCUT2D eigenvalue weighted by Crippen LogP contribution is -1.88. The molecule has 7 heavy (non-hydrogen) atoms. The van der Waals surface area contributed by atoms with Crippen molar-refractivity contribution in [1.82, 2.24) is 5.73 Å². The third-order valence-corrected chi connectivity index (χ3v) is 0.732. The predicted molar refractivity (Wildman–Crippen MR) is 31.0 cm³/mol. The Morgan fingerprint density at radius 1 is 1.86 bits per heavy atom. The SMILES string of the molecule is [NH]C(=O)/C=C/CBr. The number of rotatable bonds is 2. The van der Waals surface area contributed by atoms with Crippen LogP contribution >= 0.6 is 15.9 Å². The van der Waals surface area contributed by atoms with E-state index in [4.69, 9.17) is 5.73 Å². The molecule has 0 saturated carbocycles. The number of nitrogens with one attached hydrogen (secondary N) is 1. The summed E-state index contributed by atoms with van der Waals surface area (Å²) < 4.78 is 0. The second kappa shape index (κ2) is 3.87. The third kappa shape index (κ3) is 5.69. The van der Waals surface area contributed by atoms with E-state index in [2.05, 4.69) is 15.9 Å². The van der Waals surface area contributed by atoms with Crippen molar-refractivity contribution >= 4 is 21.8 Å². The van der Waals surface area contributed by atoms with Crippen LogP contribution in [0.2, 0.25) is 0 Å². The average Bonchev–Trinajstić information content (AvgIpc) is 1.61.